The maximum atomic E-state index is 5.21. The molecule has 0 fully saturated rings. The van der Waals surface area contributed by atoms with E-state index in [9.17, 15) is 0 Å². The number of nitrogens with one attached hydrogen (secondary N) is 1. The molecule has 0 amide bonds. The van der Waals surface area contributed by atoms with E-state index in [2.05, 4.69) is 50.2 Å². The number of benzene rings is 1. The van der Waals surface area contributed by atoms with Crippen LogP contribution in [0.4, 0.5) is 0 Å². The van der Waals surface area contributed by atoms with Gasteiger partial charge in [0.25, 0.3) is 0 Å². The molecule has 14 heavy (non-hydrogen) atoms. The summed E-state index contributed by atoms with van der Waals surface area (Å²) in [5.74, 6) is 2.59. The van der Waals surface area contributed by atoms with Crippen LogP contribution in [0, 0.1) is 26.2 Å². The number of rotatable bonds is 3. The Morgan fingerprint density at radius 1 is 1.43 bits per heavy atom. The average molecular weight is 187 g/mol. The van der Waals surface area contributed by atoms with Crippen molar-refractivity contribution in [2.45, 2.75) is 26.8 Å². The van der Waals surface area contributed by atoms with E-state index in [1.165, 1.54) is 16.7 Å². The second-order valence-electron chi connectivity index (χ2n) is 3.60. The molecule has 1 atom stereocenters. The van der Waals surface area contributed by atoms with E-state index in [0.717, 1.165) is 0 Å². The van der Waals surface area contributed by atoms with Crippen LogP contribution >= 0.6 is 0 Å². The maximum Gasteiger partial charge on any atom is 0.0578 e. The van der Waals surface area contributed by atoms with Crippen molar-refractivity contribution in [3.8, 4) is 12.3 Å². The van der Waals surface area contributed by atoms with Gasteiger partial charge < -0.3 is 0 Å². The van der Waals surface area contributed by atoms with Gasteiger partial charge in [0.15, 0.2) is 0 Å². The first kappa shape index (κ1) is 10.8. The summed E-state index contributed by atoms with van der Waals surface area (Å²) in [6, 6.07) is 6.69. The van der Waals surface area contributed by atoms with Gasteiger partial charge >= 0.3 is 0 Å². The molecule has 1 unspecified atom stereocenters. The quantitative estimate of drug-likeness (QED) is 0.717. The van der Waals surface area contributed by atoms with Crippen molar-refractivity contribution in [1.29, 1.82) is 0 Å². The monoisotopic (exact) mass is 187 g/mol. The predicted molar refractivity (Wildman–Crippen MR) is 61.2 cm³/mol. The van der Waals surface area contributed by atoms with E-state index in [0.29, 0.717) is 12.6 Å². The molecule has 1 aromatic carbocycles. The zero-order valence-electron chi connectivity index (χ0n) is 9.09. The van der Waals surface area contributed by atoms with Crippen LogP contribution in [0.3, 0.4) is 0 Å². The Morgan fingerprint density at radius 2 is 2.14 bits per heavy atom. The highest BCUT2D eigenvalue weighted by Crippen LogP contribution is 2.19. The Labute approximate surface area is 86.5 Å². The molecule has 1 heteroatoms. The highest BCUT2D eigenvalue weighted by atomic mass is 14.9. The summed E-state index contributed by atoms with van der Waals surface area (Å²) in [5.41, 5.74) is 4.02. The Morgan fingerprint density at radius 3 is 2.79 bits per heavy atom. The van der Waals surface area contributed by atoms with Crippen LogP contribution in [-0.2, 0) is 0 Å². The third-order valence-corrected chi connectivity index (χ3v) is 2.62. The van der Waals surface area contributed by atoms with Crippen LogP contribution < -0.4 is 5.32 Å². The molecule has 0 aliphatic heterocycles. The van der Waals surface area contributed by atoms with Gasteiger partial charge in [-0.2, -0.15) is 0 Å². The van der Waals surface area contributed by atoms with Gasteiger partial charge in [0.2, 0.25) is 0 Å². The number of hydrogen-bond donors (Lipinski definition) is 1. The fourth-order valence-corrected chi connectivity index (χ4v) is 1.56. The van der Waals surface area contributed by atoms with Crippen molar-refractivity contribution < 1.29 is 0 Å². The first-order valence-electron chi connectivity index (χ1n) is 4.89. The largest absolute Gasteiger partial charge is 0.300 e. The molecule has 0 aliphatic carbocycles. The fourth-order valence-electron chi connectivity index (χ4n) is 1.56. The minimum atomic E-state index is 0.325. The SMILES string of the molecule is C#CCNC(C)c1cccc(C)c1C. The van der Waals surface area contributed by atoms with Crippen LogP contribution in [0.5, 0.6) is 0 Å². The van der Waals surface area contributed by atoms with E-state index < -0.39 is 0 Å². The zero-order valence-corrected chi connectivity index (χ0v) is 9.09. The van der Waals surface area contributed by atoms with Gasteiger partial charge in [-0.05, 0) is 37.5 Å². The van der Waals surface area contributed by atoms with Crippen molar-refractivity contribution in [2.75, 3.05) is 6.54 Å². The lowest BCUT2D eigenvalue weighted by atomic mass is 9.98. The van der Waals surface area contributed by atoms with Crippen molar-refractivity contribution in [3.05, 3.63) is 34.9 Å². The van der Waals surface area contributed by atoms with Crippen LogP contribution in [0.25, 0.3) is 0 Å². The summed E-state index contributed by atoms with van der Waals surface area (Å²) in [6.07, 6.45) is 5.21. The summed E-state index contributed by atoms with van der Waals surface area (Å²) in [4.78, 5) is 0. The molecule has 0 aromatic heterocycles. The summed E-state index contributed by atoms with van der Waals surface area (Å²) >= 11 is 0. The van der Waals surface area contributed by atoms with Gasteiger partial charge in [-0.15, -0.1) is 6.42 Å². The van der Waals surface area contributed by atoms with Gasteiger partial charge in [-0.25, -0.2) is 0 Å². The second kappa shape index (κ2) is 4.83. The van der Waals surface area contributed by atoms with Gasteiger partial charge in [0.05, 0.1) is 6.54 Å². The third kappa shape index (κ3) is 2.37. The molecule has 0 saturated heterocycles. The van der Waals surface area contributed by atoms with Crippen molar-refractivity contribution in [1.82, 2.24) is 5.32 Å². The number of hydrogen-bond acceptors (Lipinski definition) is 1. The second-order valence-corrected chi connectivity index (χ2v) is 3.60. The minimum Gasteiger partial charge on any atom is -0.300 e. The Hall–Kier alpha value is -1.26. The Bertz CT molecular complexity index is 347. The van der Waals surface area contributed by atoms with Crippen LogP contribution in [0.15, 0.2) is 18.2 Å². The van der Waals surface area contributed by atoms with E-state index in [1.54, 1.807) is 0 Å². The Balaban J connectivity index is 2.85. The smallest absolute Gasteiger partial charge is 0.0578 e. The van der Waals surface area contributed by atoms with E-state index in [1.807, 2.05) is 0 Å². The summed E-state index contributed by atoms with van der Waals surface area (Å²) < 4.78 is 0. The van der Waals surface area contributed by atoms with Crippen molar-refractivity contribution in [3.63, 3.8) is 0 Å². The molecule has 0 bridgehead atoms. The standard InChI is InChI=1S/C13H17N/c1-5-9-14-12(4)13-8-6-7-10(2)11(13)3/h1,6-8,12,14H,9H2,2-4H3. The lowest BCUT2D eigenvalue weighted by Gasteiger charge is -2.16. The molecule has 0 heterocycles. The van der Waals surface area contributed by atoms with Crippen LogP contribution in [0.1, 0.15) is 29.7 Å². The molecular weight excluding hydrogens is 170 g/mol. The summed E-state index contributed by atoms with van der Waals surface area (Å²) in [6.45, 7) is 7.04. The highest BCUT2D eigenvalue weighted by molar-refractivity contribution is 5.35. The number of terminal acetylenes is 1. The van der Waals surface area contributed by atoms with Gasteiger partial charge in [-0.3, -0.25) is 5.32 Å². The summed E-state index contributed by atoms with van der Waals surface area (Å²) in [7, 11) is 0. The van der Waals surface area contributed by atoms with Crippen LogP contribution in [0.2, 0.25) is 0 Å². The molecule has 0 spiro atoms. The molecule has 0 radical (unpaired) electrons. The summed E-state index contributed by atoms with van der Waals surface area (Å²) in [5, 5.41) is 3.28. The molecule has 0 aliphatic rings. The van der Waals surface area contributed by atoms with E-state index in [-0.39, 0.29) is 0 Å². The van der Waals surface area contributed by atoms with Gasteiger partial charge in [0.1, 0.15) is 0 Å². The maximum absolute atomic E-state index is 5.21. The van der Waals surface area contributed by atoms with E-state index in [4.69, 9.17) is 6.42 Å². The molecule has 74 valence electrons. The molecule has 1 rings (SSSR count). The lowest BCUT2D eigenvalue weighted by Crippen LogP contribution is -2.19. The molecular formula is C13H17N. The minimum absolute atomic E-state index is 0.325. The molecule has 1 nitrogen and oxygen atoms in total. The van der Waals surface area contributed by atoms with Gasteiger partial charge in [-0.1, -0.05) is 24.1 Å². The lowest BCUT2D eigenvalue weighted by molar-refractivity contribution is 0.619. The van der Waals surface area contributed by atoms with E-state index >= 15 is 0 Å². The van der Waals surface area contributed by atoms with Crippen molar-refractivity contribution >= 4 is 0 Å². The topological polar surface area (TPSA) is 12.0 Å². The average Bonchev–Trinajstić information content (AvgIpc) is 2.18. The highest BCUT2D eigenvalue weighted by Gasteiger charge is 2.07. The molecule has 1 N–H and O–H groups in total. The van der Waals surface area contributed by atoms with Crippen molar-refractivity contribution in [2.24, 2.45) is 0 Å². The number of aryl methyl sites for hydroxylation is 1. The first-order valence-corrected chi connectivity index (χ1v) is 4.89. The predicted octanol–water partition coefficient (Wildman–Crippen LogP) is 2.59. The first-order chi connectivity index (χ1) is 6.66. The molecule has 0 saturated carbocycles. The Kier molecular flexibility index (Phi) is 3.73. The molecule has 1 aromatic rings. The fraction of sp³-hybridized carbons (Fsp3) is 0.385. The zero-order chi connectivity index (χ0) is 10.6. The van der Waals surface area contributed by atoms with Crippen LogP contribution in [-0.4, -0.2) is 6.54 Å². The normalized spacial score (nSPS) is 12.1. The van der Waals surface area contributed by atoms with Gasteiger partial charge in [0, 0.05) is 6.04 Å². The third-order valence-electron chi connectivity index (χ3n) is 2.62.